The highest BCUT2D eigenvalue weighted by Gasteiger charge is 2.68. The number of nitrogens with one attached hydrogen (secondary N) is 2. The van der Waals surface area contributed by atoms with Crippen molar-refractivity contribution in [1.82, 2.24) is 15.3 Å². The topological polar surface area (TPSA) is 95.1 Å². The van der Waals surface area contributed by atoms with Crippen LogP contribution in [0, 0.1) is 16.7 Å². The van der Waals surface area contributed by atoms with Gasteiger partial charge in [0.1, 0.15) is 6.04 Å². The highest BCUT2D eigenvalue weighted by Crippen LogP contribution is 2.68. The SMILES string of the molecule is CC1(C)C(C(=O)NC(Cc2cnc[nH]2)C(=O)O)C1(C)C. The number of hydrogen-bond acceptors (Lipinski definition) is 3. The molecule has 6 heteroatoms. The molecule has 20 heavy (non-hydrogen) atoms. The lowest BCUT2D eigenvalue weighted by Crippen LogP contribution is -2.43. The maximum absolute atomic E-state index is 12.3. The van der Waals surface area contributed by atoms with E-state index in [1.807, 2.05) is 27.7 Å². The third kappa shape index (κ3) is 2.30. The first-order valence-corrected chi connectivity index (χ1v) is 6.68. The largest absolute Gasteiger partial charge is 0.480 e. The van der Waals surface area contributed by atoms with E-state index in [0.717, 1.165) is 0 Å². The summed E-state index contributed by atoms with van der Waals surface area (Å²) in [6.07, 6.45) is 3.25. The van der Waals surface area contributed by atoms with Gasteiger partial charge in [0.05, 0.1) is 6.33 Å². The average Bonchev–Trinajstić information content (AvgIpc) is 2.72. The molecule has 0 aromatic carbocycles. The van der Waals surface area contributed by atoms with Gasteiger partial charge in [-0.15, -0.1) is 0 Å². The number of carboxylic acid groups (broad SMARTS) is 1. The summed E-state index contributed by atoms with van der Waals surface area (Å²) in [5.74, 6) is -1.38. The first-order chi connectivity index (χ1) is 9.18. The van der Waals surface area contributed by atoms with Crippen molar-refractivity contribution < 1.29 is 14.7 Å². The summed E-state index contributed by atoms with van der Waals surface area (Å²) in [7, 11) is 0. The number of carbonyl (C=O) groups is 2. The Kier molecular flexibility index (Phi) is 3.36. The van der Waals surface area contributed by atoms with Crippen molar-refractivity contribution in [2.24, 2.45) is 16.7 Å². The third-order valence-electron chi connectivity index (χ3n) is 4.88. The Hall–Kier alpha value is -1.85. The molecule has 1 aliphatic carbocycles. The number of amides is 1. The highest BCUT2D eigenvalue weighted by molar-refractivity contribution is 5.88. The van der Waals surface area contributed by atoms with Gasteiger partial charge in [0.15, 0.2) is 0 Å². The minimum absolute atomic E-state index is 0.103. The smallest absolute Gasteiger partial charge is 0.326 e. The van der Waals surface area contributed by atoms with Gasteiger partial charge in [-0.05, 0) is 10.8 Å². The maximum Gasteiger partial charge on any atom is 0.326 e. The predicted molar refractivity (Wildman–Crippen MR) is 72.9 cm³/mol. The van der Waals surface area contributed by atoms with Crippen LogP contribution >= 0.6 is 0 Å². The van der Waals surface area contributed by atoms with Crippen LogP contribution < -0.4 is 5.32 Å². The molecule has 1 atom stereocenters. The Morgan fingerprint density at radius 2 is 2.00 bits per heavy atom. The van der Waals surface area contributed by atoms with Crippen LogP contribution in [0.1, 0.15) is 33.4 Å². The zero-order valence-corrected chi connectivity index (χ0v) is 12.2. The first-order valence-electron chi connectivity index (χ1n) is 6.68. The molecule has 2 rings (SSSR count). The van der Waals surface area contributed by atoms with Crippen molar-refractivity contribution >= 4 is 11.9 Å². The number of aromatic amines is 1. The second-order valence-electron chi connectivity index (χ2n) is 6.56. The normalized spacial score (nSPS) is 21.2. The van der Waals surface area contributed by atoms with E-state index in [1.54, 1.807) is 6.20 Å². The number of carboxylic acids is 1. The average molecular weight is 279 g/mol. The van der Waals surface area contributed by atoms with Crippen LogP contribution in [0.5, 0.6) is 0 Å². The predicted octanol–water partition coefficient (Wildman–Crippen LogP) is 1.20. The molecule has 0 spiro atoms. The van der Waals surface area contributed by atoms with Crippen molar-refractivity contribution in [2.75, 3.05) is 0 Å². The first kappa shape index (κ1) is 14.6. The zero-order chi connectivity index (χ0) is 15.1. The Morgan fingerprint density at radius 3 is 2.40 bits per heavy atom. The third-order valence-corrected chi connectivity index (χ3v) is 4.88. The number of carbonyl (C=O) groups excluding carboxylic acids is 1. The fourth-order valence-electron chi connectivity index (χ4n) is 2.92. The van der Waals surface area contributed by atoms with Crippen LogP contribution in [-0.2, 0) is 16.0 Å². The monoisotopic (exact) mass is 279 g/mol. The van der Waals surface area contributed by atoms with Gasteiger partial charge in [-0.3, -0.25) is 4.79 Å². The molecule has 3 N–H and O–H groups in total. The Balaban J connectivity index is 2.03. The number of aromatic nitrogens is 2. The number of hydrogen-bond donors (Lipinski definition) is 3. The lowest BCUT2D eigenvalue weighted by molar-refractivity contribution is -0.142. The van der Waals surface area contributed by atoms with Crippen LogP contribution in [0.2, 0.25) is 0 Å². The summed E-state index contributed by atoms with van der Waals surface area (Å²) in [5, 5.41) is 11.9. The fourth-order valence-corrected chi connectivity index (χ4v) is 2.92. The van der Waals surface area contributed by atoms with Gasteiger partial charge >= 0.3 is 5.97 Å². The fraction of sp³-hybridized carbons (Fsp3) is 0.643. The van der Waals surface area contributed by atoms with Gasteiger partial charge in [0, 0.05) is 24.2 Å². The Labute approximate surface area is 118 Å². The molecule has 0 bridgehead atoms. The van der Waals surface area contributed by atoms with Crippen molar-refractivity contribution in [3.8, 4) is 0 Å². The second-order valence-corrected chi connectivity index (χ2v) is 6.56. The van der Waals surface area contributed by atoms with E-state index in [2.05, 4.69) is 15.3 Å². The van der Waals surface area contributed by atoms with E-state index in [-0.39, 0.29) is 29.1 Å². The quantitative estimate of drug-likeness (QED) is 0.754. The van der Waals surface area contributed by atoms with E-state index in [0.29, 0.717) is 5.69 Å². The van der Waals surface area contributed by atoms with Crippen LogP contribution in [0.15, 0.2) is 12.5 Å². The van der Waals surface area contributed by atoms with Gasteiger partial charge in [-0.25, -0.2) is 9.78 Å². The zero-order valence-electron chi connectivity index (χ0n) is 12.2. The van der Waals surface area contributed by atoms with Crippen molar-refractivity contribution in [3.05, 3.63) is 18.2 Å². The van der Waals surface area contributed by atoms with Gasteiger partial charge in [-0.2, -0.15) is 0 Å². The lowest BCUT2D eigenvalue weighted by Gasteiger charge is -2.14. The Bertz CT molecular complexity index is 506. The molecule has 1 amide bonds. The number of rotatable bonds is 5. The minimum atomic E-state index is -1.04. The summed E-state index contributed by atoms with van der Waals surface area (Å²) < 4.78 is 0. The minimum Gasteiger partial charge on any atom is -0.480 e. The van der Waals surface area contributed by atoms with E-state index >= 15 is 0 Å². The molecule has 0 saturated heterocycles. The van der Waals surface area contributed by atoms with Gasteiger partial charge in [-0.1, -0.05) is 27.7 Å². The molecule has 110 valence electrons. The van der Waals surface area contributed by atoms with Gasteiger partial charge in [0.2, 0.25) is 5.91 Å². The van der Waals surface area contributed by atoms with E-state index < -0.39 is 12.0 Å². The van der Waals surface area contributed by atoms with Crippen LogP contribution in [0.3, 0.4) is 0 Å². The standard InChI is InChI=1S/C14H21N3O3/c1-13(2)10(14(13,3)4)11(18)17-9(12(19)20)5-8-6-15-7-16-8/h6-7,9-10H,5H2,1-4H3,(H,15,16)(H,17,18)(H,19,20). The molecule has 1 aromatic heterocycles. The van der Waals surface area contributed by atoms with E-state index in [4.69, 9.17) is 0 Å². The van der Waals surface area contributed by atoms with Gasteiger partial charge in [0.25, 0.3) is 0 Å². The van der Waals surface area contributed by atoms with Gasteiger partial charge < -0.3 is 15.4 Å². The number of aliphatic carboxylic acids is 1. The molecule has 1 saturated carbocycles. The summed E-state index contributed by atoms with van der Waals surface area (Å²) in [6, 6.07) is -0.935. The van der Waals surface area contributed by atoms with Crippen LogP contribution in [-0.4, -0.2) is 33.0 Å². The summed E-state index contributed by atoms with van der Waals surface area (Å²) in [4.78, 5) is 30.3. The van der Waals surface area contributed by atoms with E-state index in [9.17, 15) is 14.7 Å². The molecular formula is C14H21N3O3. The van der Waals surface area contributed by atoms with Crippen LogP contribution in [0.4, 0.5) is 0 Å². The van der Waals surface area contributed by atoms with Crippen molar-refractivity contribution in [3.63, 3.8) is 0 Å². The second kappa shape index (κ2) is 4.61. The lowest BCUT2D eigenvalue weighted by atomic mass is 10.0. The maximum atomic E-state index is 12.3. The molecule has 1 unspecified atom stereocenters. The van der Waals surface area contributed by atoms with E-state index in [1.165, 1.54) is 6.33 Å². The molecule has 0 aliphatic heterocycles. The Morgan fingerprint density at radius 1 is 1.40 bits per heavy atom. The molecular weight excluding hydrogens is 258 g/mol. The molecule has 1 aliphatic rings. The molecule has 1 heterocycles. The summed E-state index contributed by atoms with van der Waals surface area (Å²) in [5.41, 5.74) is 0.481. The molecule has 0 radical (unpaired) electrons. The van der Waals surface area contributed by atoms with Crippen LogP contribution in [0.25, 0.3) is 0 Å². The number of imidazole rings is 1. The number of H-pyrrole nitrogens is 1. The highest BCUT2D eigenvalue weighted by atomic mass is 16.4. The molecule has 1 aromatic rings. The van der Waals surface area contributed by atoms with Crippen molar-refractivity contribution in [2.45, 2.75) is 40.2 Å². The number of nitrogens with zero attached hydrogens (tertiary/aromatic N) is 1. The molecule has 1 fully saturated rings. The summed E-state index contributed by atoms with van der Waals surface area (Å²) in [6.45, 7) is 8.12. The summed E-state index contributed by atoms with van der Waals surface area (Å²) >= 11 is 0. The van der Waals surface area contributed by atoms with Crippen molar-refractivity contribution in [1.29, 1.82) is 0 Å². The molecule has 6 nitrogen and oxygen atoms in total.